The van der Waals surface area contributed by atoms with Crippen molar-refractivity contribution in [3.8, 4) is 23.0 Å². The van der Waals surface area contributed by atoms with E-state index in [0.29, 0.717) is 34.3 Å². The minimum Gasteiger partial charge on any atom is -0.438 e. The molecule has 2 N–H and O–H groups in total. The molecule has 2 aromatic heterocycles. The Balaban J connectivity index is 1.50. The van der Waals surface area contributed by atoms with Gasteiger partial charge in [0.25, 0.3) is 0 Å². The van der Waals surface area contributed by atoms with Crippen molar-refractivity contribution >= 4 is 17.5 Å². The summed E-state index contributed by atoms with van der Waals surface area (Å²) in [5.74, 6) is 1.10. The Morgan fingerprint density at radius 1 is 1.03 bits per heavy atom. The van der Waals surface area contributed by atoms with E-state index in [1.165, 1.54) is 18.5 Å². The van der Waals surface area contributed by atoms with Gasteiger partial charge >= 0.3 is 6.18 Å². The molecule has 0 radical (unpaired) electrons. The number of benzene rings is 2. The molecule has 0 aliphatic rings. The van der Waals surface area contributed by atoms with Gasteiger partial charge in [-0.1, -0.05) is 18.2 Å². The number of ether oxygens (including phenoxy) is 1. The first-order chi connectivity index (χ1) is 17.2. The average molecular weight is 494 g/mol. The van der Waals surface area contributed by atoms with Crippen molar-refractivity contribution in [3.05, 3.63) is 83.8 Å². The zero-order chi connectivity index (χ0) is 25.7. The van der Waals surface area contributed by atoms with E-state index in [9.17, 15) is 18.0 Å². The number of alkyl halides is 3. The molecule has 0 aliphatic heterocycles. The molecule has 0 aliphatic carbocycles. The fraction of sp³-hybridized carbons (Fsp3) is 0.160. The lowest BCUT2D eigenvalue weighted by Crippen LogP contribution is -2.14. The number of nitrogens with one attached hydrogen (secondary N) is 2. The predicted octanol–water partition coefficient (Wildman–Crippen LogP) is 5.28. The molecular formula is C25H21F3N6O2. The number of amides is 1. The molecular weight excluding hydrogens is 473 g/mol. The van der Waals surface area contributed by atoms with Crippen molar-refractivity contribution in [1.82, 2.24) is 19.9 Å². The minimum absolute atomic E-state index is 0.0836. The zero-order valence-corrected chi connectivity index (χ0v) is 19.3. The van der Waals surface area contributed by atoms with E-state index < -0.39 is 11.7 Å². The number of hydrogen-bond donors (Lipinski definition) is 2. The van der Waals surface area contributed by atoms with E-state index in [2.05, 4.69) is 30.6 Å². The Morgan fingerprint density at radius 2 is 1.81 bits per heavy atom. The molecule has 0 saturated carbocycles. The van der Waals surface area contributed by atoms with Crippen LogP contribution in [0.2, 0.25) is 0 Å². The zero-order valence-electron chi connectivity index (χ0n) is 19.3. The first-order valence-electron chi connectivity index (χ1n) is 10.8. The standard InChI is InChI=1S/C25H21F3N6O2/c1-15-5-10-18(33-21(35)12-16-6-8-17(9-7-16)25(26,27)28)13-20(15)36-23-19(4-3-11-30-23)22-31-14-32-24(29-2)34-22/h3-11,13-14H,12H2,1-2H3,(H,33,35)(H,29,31,32,34). The number of aryl methyl sites for hydroxylation is 1. The van der Waals surface area contributed by atoms with Gasteiger partial charge in [-0.3, -0.25) is 4.79 Å². The molecule has 0 fully saturated rings. The summed E-state index contributed by atoms with van der Waals surface area (Å²) in [6, 6.07) is 13.1. The van der Waals surface area contributed by atoms with E-state index in [1.807, 2.05) is 6.92 Å². The normalized spacial score (nSPS) is 11.1. The molecule has 2 aromatic carbocycles. The van der Waals surface area contributed by atoms with Crippen molar-refractivity contribution in [1.29, 1.82) is 0 Å². The van der Waals surface area contributed by atoms with Crippen LogP contribution in [0.3, 0.4) is 0 Å². The summed E-state index contributed by atoms with van der Waals surface area (Å²) in [5.41, 5.74) is 1.50. The maximum atomic E-state index is 12.7. The van der Waals surface area contributed by atoms with E-state index in [4.69, 9.17) is 4.74 Å². The molecule has 0 atom stereocenters. The number of aromatic nitrogens is 4. The van der Waals surface area contributed by atoms with Crippen LogP contribution in [-0.2, 0) is 17.4 Å². The second-order valence-corrected chi connectivity index (χ2v) is 7.74. The summed E-state index contributed by atoms with van der Waals surface area (Å²) in [4.78, 5) is 29.3. The molecule has 0 saturated heterocycles. The lowest BCUT2D eigenvalue weighted by molar-refractivity contribution is -0.137. The third-order valence-electron chi connectivity index (χ3n) is 5.13. The van der Waals surface area contributed by atoms with E-state index >= 15 is 0 Å². The van der Waals surface area contributed by atoms with Gasteiger partial charge in [0.05, 0.1) is 17.5 Å². The SMILES string of the molecule is CNc1ncnc(-c2cccnc2Oc2cc(NC(=O)Cc3ccc(C(F)(F)F)cc3)ccc2C)n1. The molecule has 8 nitrogen and oxygen atoms in total. The van der Waals surface area contributed by atoms with Gasteiger partial charge in [0, 0.05) is 25.0 Å². The van der Waals surface area contributed by atoms with Crippen molar-refractivity contribution in [3.63, 3.8) is 0 Å². The highest BCUT2D eigenvalue weighted by Crippen LogP contribution is 2.33. The van der Waals surface area contributed by atoms with Crippen molar-refractivity contribution in [2.75, 3.05) is 17.7 Å². The second kappa shape index (κ2) is 10.4. The van der Waals surface area contributed by atoms with Gasteiger partial charge in [-0.25, -0.2) is 15.0 Å². The van der Waals surface area contributed by atoms with Gasteiger partial charge < -0.3 is 15.4 Å². The molecule has 11 heteroatoms. The Labute approximate surface area is 204 Å². The summed E-state index contributed by atoms with van der Waals surface area (Å²) >= 11 is 0. The number of rotatable bonds is 7. The average Bonchev–Trinajstić information content (AvgIpc) is 2.86. The summed E-state index contributed by atoms with van der Waals surface area (Å²) in [6.45, 7) is 1.84. The van der Waals surface area contributed by atoms with Crippen LogP contribution in [0.25, 0.3) is 11.4 Å². The summed E-state index contributed by atoms with van der Waals surface area (Å²) in [7, 11) is 1.69. The van der Waals surface area contributed by atoms with E-state index in [0.717, 1.165) is 17.7 Å². The highest BCUT2D eigenvalue weighted by atomic mass is 19.4. The molecule has 0 spiro atoms. The van der Waals surface area contributed by atoms with Crippen molar-refractivity contribution < 1.29 is 22.7 Å². The van der Waals surface area contributed by atoms with Crippen LogP contribution in [0.5, 0.6) is 11.6 Å². The number of hydrogen-bond acceptors (Lipinski definition) is 7. The van der Waals surface area contributed by atoms with Gasteiger partial charge in [0.2, 0.25) is 17.7 Å². The summed E-state index contributed by atoms with van der Waals surface area (Å²) in [5, 5.41) is 5.60. The molecule has 36 heavy (non-hydrogen) atoms. The third-order valence-corrected chi connectivity index (χ3v) is 5.13. The van der Waals surface area contributed by atoms with Gasteiger partial charge in [-0.2, -0.15) is 18.2 Å². The molecule has 4 aromatic rings. The predicted molar refractivity (Wildman–Crippen MR) is 128 cm³/mol. The van der Waals surface area contributed by atoms with Gasteiger partial charge in [-0.05, 0) is 48.4 Å². The topological polar surface area (TPSA) is 102 Å². The Bertz CT molecular complexity index is 1380. The van der Waals surface area contributed by atoms with Gasteiger partial charge in [-0.15, -0.1) is 0 Å². The summed E-state index contributed by atoms with van der Waals surface area (Å²) in [6.07, 6.45) is -1.56. The third kappa shape index (κ3) is 5.93. The maximum Gasteiger partial charge on any atom is 0.416 e. The highest BCUT2D eigenvalue weighted by Gasteiger charge is 2.30. The number of halogens is 3. The summed E-state index contributed by atoms with van der Waals surface area (Å²) < 4.78 is 44.3. The Kier molecular flexibility index (Phi) is 7.09. The first kappa shape index (κ1) is 24.6. The molecule has 0 bridgehead atoms. The number of carbonyl (C=O) groups excluding carboxylic acids is 1. The van der Waals surface area contributed by atoms with Crippen molar-refractivity contribution in [2.45, 2.75) is 19.5 Å². The largest absolute Gasteiger partial charge is 0.438 e. The molecule has 184 valence electrons. The minimum atomic E-state index is -4.43. The quantitative estimate of drug-likeness (QED) is 0.361. The van der Waals surface area contributed by atoms with Gasteiger partial charge in [0.1, 0.15) is 12.1 Å². The van der Waals surface area contributed by atoms with E-state index in [-0.39, 0.29) is 18.2 Å². The van der Waals surface area contributed by atoms with Crippen LogP contribution >= 0.6 is 0 Å². The molecule has 1 amide bonds. The first-order valence-corrected chi connectivity index (χ1v) is 10.8. The smallest absolute Gasteiger partial charge is 0.416 e. The molecule has 4 rings (SSSR count). The fourth-order valence-corrected chi connectivity index (χ4v) is 3.28. The van der Waals surface area contributed by atoms with E-state index in [1.54, 1.807) is 43.6 Å². The lowest BCUT2D eigenvalue weighted by atomic mass is 10.1. The number of carbonyl (C=O) groups is 1. The number of pyridine rings is 1. The fourth-order valence-electron chi connectivity index (χ4n) is 3.28. The van der Waals surface area contributed by atoms with Crippen LogP contribution in [0.15, 0.2) is 67.1 Å². The van der Waals surface area contributed by atoms with Crippen molar-refractivity contribution in [2.24, 2.45) is 0 Å². The molecule has 0 unspecified atom stereocenters. The second-order valence-electron chi connectivity index (χ2n) is 7.74. The Morgan fingerprint density at radius 3 is 2.53 bits per heavy atom. The number of anilines is 2. The van der Waals surface area contributed by atoms with Crippen LogP contribution < -0.4 is 15.4 Å². The van der Waals surface area contributed by atoms with Crippen LogP contribution in [0.4, 0.5) is 24.8 Å². The van der Waals surface area contributed by atoms with Crippen LogP contribution in [0.1, 0.15) is 16.7 Å². The highest BCUT2D eigenvalue weighted by molar-refractivity contribution is 5.92. The monoisotopic (exact) mass is 494 g/mol. The maximum absolute atomic E-state index is 12.7. The van der Waals surface area contributed by atoms with Crippen LogP contribution in [0, 0.1) is 6.92 Å². The lowest BCUT2D eigenvalue weighted by Gasteiger charge is -2.13. The molecule has 2 heterocycles. The van der Waals surface area contributed by atoms with Crippen LogP contribution in [-0.4, -0.2) is 32.9 Å². The number of nitrogens with zero attached hydrogens (tertiary/aromatic N) is 4. The van der Waals surface area contributed by atoms with Gasteiger partial charge in [0.15, 0.2) is 5.82 Å². The Hall–Kier alpha value is -4.54.